The van der Waals surface area contributed by atoms with E-state index in [0.29, 0.717) is 35.3 Å². The number of hydrogen-bond donors (Lipinski definition) is 2. The van der Waals surface area contributed by atoms with Gasteiger partial charge in [-0.1, -0.05) is 12.5 Å². The molecule has 3 aromatic rings. The van der Waals surface area contributed by atoms with Gasteiger partial charge in [-0.05, 0) is 99.3 Å². The number of hydrogen-bond acceptors (Lipinski definition) is 3. The minimum Gasteiger partial charge on any atom is -0.352 e. The summed E-state index contributed by atoms with van der Waals surface area (Å²) >= 11 is 0. The first-order chi connectivity index (χ1) is 16.7. The van der Waals surface area contributed by atoms with Crippen molar-refractivity contribution >= 4 is 17.5 Å². The van der Waals surface area contributed by atoms with Gasteiger partial charge in [0.25, 0.3) is 11.8 Å². The van der Waals surface area contributed by atoms with Crippen molar-refractivity contribution in [2.75, 3.05) is 25.0 Å². The molecule has 6 heteroatoms. The number of piperidine rings is 2. The molecule has 3 heterocycles. The van der Waals surface area contributed by atoms with E-state index >= 15 is 0 Å². The molecule has 2 fully saturated rings. The normalized spacial score (nSPS) is 20.4. The van der Waals surface area contributed by atoms with Crippen LogP contribution in [0.1, 0.15) is 52.8 Å². The third-order valence-corrected chi connectivity index (χ3v) is 7.17. The maximum atomic E-state index is 12.9. The Labute approximate surface area is 201 Å². The van der Waals surface area contributed by atoms with Crippen LogP contribution in [-0.2, 0) is 0 Å². The van der Waals surface area contributed by atoms with Crippen molar-refractivity contribution in [3.63, 3.8) is 0 Å². The molecule has 0 aliphatic carbocycles. The van der Waals surface area contributed by atoms with E-state index in [0.717, 1.165) is 5.69 Å². The molecule has 0 spiro atoms. The van der Waals surface area contributed by atoms with Crippen LogP contribution in [0.15, 0.2) is 73.1 Å². The molecule has 2 amide bonds. The second-order valence-electron chi connectivity index (χ2n) is 9.38. The van der Waals surface area contributed by atoms with Gasteiger partial charge < -0.3 is 20.1 Å². The molecule has 6 nitrogen and oxygen atoms in total. The maximum absolute atomic E-state index is 12.9. The standard InChI is InChI=1S/C28H32N4O2/c33-27(29-20-23-8-6-18-32-17-2-1-10-26(23)32)22-7-5-9-24(19-22)30-28(34)21-11-13-25(14-12-21)31-15-3-4-16-31/h3-5,7,9,11-16,19,23,26H,1-2,6,8,10,17-18,20H2,(H,29,33)(H,30,34)/t23-,26+/m0/s1. The summed E-state index contributed by atoms with van der Waals surface area (Å²) in [6.45, 7) is 3.11. The largest absolute Gasteiger partial charge is 0.352 e. The highest BCUT2D eigenvalue weighted by Crippen LogP contribution is 2.30. The van der Waals surface area contributed by atoms with Crippen LogP contribution < -0.4 is 10.6 Å². The van der Waals surface area contributed by atoms with Crippen molar-refractivity contribution < 1.29 is 9.59 Å². The SMILES string of the molecule is O=C(NC[C@@H]1CCCN2CCCC[C@H]12)c1cccc(NC(=O)c2ccc(-n3cccc3)cc2)c1. The van der Waals surface area contributed by atoms with Crippen molar-refractivity contribution in [1.82, 2.24) is 14.8 Å². The molecular weight excluding hydrogens is 424 g/mol. The number of aromatic nitrogens is 1. The number of carbonyl (C=O) groups is 2. The number of fused-ring (bicyclic) bond motifs is 1. The summed E-state index contributed by atoms with van der Waals surface area (Å²) in [5.74, 6) is 0.242. The Morgan fingerprint density at radius 2 is 1.62 bits per heavy atom. The average molecular weight is 457 g/mol. The third-order valence-electron chi connectivity index (χ3n) is 7.17. The fourth-order valence-corrected chi connectivity index (χ4v) is 5.37. The molecule has 2 saturated heterocycles. The summed E-state index contributed by atoms with van der Waals surface area (Å²) in [6, 6.07) is 19.1. The van der Waals surface area contributed by atoms with E-state index < -0.39 is 0 Å². The number of rotatable bonds is 6. The molecule has 0 radical (unpaired) electrons. The molecule has 2 aromatic carbocycles. The summed E-state index contributed by atoms with van der Waals surface area (Å²) in [4.78, 5) is 28.2. The van der Waals surface area contributed by atoms with Gasteiger partial charge in [-0.15, -0.1) is 0 Å². The molecule has 1 aromatic heterocycles. The highest BCUT2D eigenvalue weighted by molar-refractivity contribution is 6.05. The molecular formula is C28H32N4O2. The van der Waals surface area contributed by atoms with E-state index in [-0.39, 0.29) is 11.8 Å². The maximum Gasteiger partial charge on any atom is 0.255 e. The van der Waals surface area contributed by atoms with Gasteiger partial charge in [-0.3, -0.25) is 9.59 Å². The third kappa shape index (κ3) is 5.07. The van der Waals surface area contributed by atoms with Crippen molar-refractivity contribution in [3.8, 4) is 5.69 Å². The van der Waals surface area contributed by atoms with Gasteiger partial charge in [0, 0.05) is 47.5 Å². The van der Waals surface area contributed by atoms with E-state index in [1.807, 2.05) is 53.4 Å². The lowest BCUT2D eigenvalue weighted by Crippen LogP contribution is -2.51. The van der Waals surface area contributed by atoms with Gasteiger partial charge in [-0.2, -0.15) is 0 Å². The first-order valence-electron chi connectivity index (χ1n) is 12.3. The summed E-state index contributed by atoms with van der Waals surface area (Å²) < 4.78 is 1.99. The van der Waals surface area contributed by atoms with Crippen molar-refractivity contribution in [2.24, 2.45) is 5.92 Å². The zero-order valence-electron chi connectivity index (χ0n) is 19.5. The molecule has 2 aliphatic heterocycles. The van der Waals surface area contributed by atoms with Crippen molar-refractivity contribution in [2.45, 2.75) is 38.1 Å². The zero-order valence-corrected chi connectivity index (χ0v) is 19.5. The monoisotopic (exact) mass is 456 g/mol. The predicted molar refractivity (Wildman–Crippen MR) is 134 cm³/mol. The lowest BCUT2D eigenvalue weighted by Gasteiger charge is -2.44. The first kappa shape index (κ1) is 22.4. The van der Waals surface area contributed by atoms with Crippen LogP contribution in [0.3, 0.4) is 0 Å². The van der Waals surface area contributed by atoms with Crippen molar-refractivity contribution in [1.29, 1.82) is 0 Å². The molecule has 0 saturated carbocycles. The van der Waals surface area contributed by atoms with Crippen LogP contribution in [0.2, 0.25) is 0 Å². The van der Waals surface area contributed by atoms with E-state index in [1.54, 1.807) is 24.3 Å². The van der Waals surface area contributed by atoms with Crippen LogP contribution in [-0.4, -0.2) is 47.0 Å². The molecule has 5 rings (SSSR count). The highest BCUT2D eigenvalue weighted by Gasteiger charge is 2.32. The summed E-state index contributed by atoms with van der Waals surface area (Å²) in [5.41, 5.74) is 2.75. The zero-order chi connectivity index (χ0) is 23.3. The second kappa shape index (κ2) is 10.3. The fourth-order valence-electron chi connectivity index (χ4n) is 5.37. The van der Waals surface area contributed by atoms with Gasteiger partial charge in [0.05, 0.1) is 0 Å². The van der Waals surface area contributed by atoms with Crippen LogP contribution in [0, 0.1) is 5.92 Å². The molecule has 2 N–H and O–H groups in total. The first-order valence-corrected chi connectivity index (χ1v) is 12.3. The Bertz CT molecular complexity index is 1120. The molecule has 0 unspecified atom stereocenters. The minimum atomic E-state index is -0.198. The van der Waals surface area contributed by atoms with Gasteiger partial charge in [0.15, 0.2) is 0 Å². The minimum absolute atomic E-state index is 0.0832. The van der Waals surface area contributed by atoms with Crippen molar-refractivity contribution in [3.05, 3.63) is 84.2 Å². The predicted octanol–water partition coefficient (Wildman–Crippen LogP) is 4.72. The number of nitrogens with one attached hydrogen (secondary N) is 2. The lowest BCUT2D eigenvalue weighted by molar-refractivity contribution is 0.0575. The van der Waals surface area contributed by atoms with E-state index in [9.17, 15) is 9.59 Å². The molecule has 0 bridgehead atoms. The summed E-state index contributed by atoms with van der Waals surface area (Å²) in [6.07, 6.45) is 10.2. The van der Waals surface area contributed by atoms with Gasteiger partial charge >= 0.3 is 0 Å². The number of amides is 2. The number of anilines is 1. The van der Waals surface area contributed by atoms with Gasteiger partial charge in [0.2, 0.25) is 0 Å². The Balaban J connectivity index is 1.18. The summed E-state index contributed by atoms with van der Waals surface area (Å²) in [7, 11) is 0. The second-order valence-corrected chi connectivity index (χ2v) is 9.38. The Morgan fingerprint density at radius 3 is 2.44 bits per heavy atom. The molecule has 2 aliphatic rings. The van der Waals surface area contributed by atoms with Crippen LogP contribution in [0.5, 0.6) is 0 Å². The van der Waals surface area contributed by atoms with Gasteiger partial charge in [0.1, 0.15) is 0 Å². The van der Waals surface area contributed by atoms with Crippen LogP contribution in [0.25, 0.3) is 5.69 Å². The molecule has 34 heavy (non-hydrogen) atoms. The van der Waals surface area contributed by atoms with Crippen LogP contribution >= 0.6 is 0 Å². The number of nitrogens with zero attached hydrogens (tertiary/aromatic N) is 2. The Morgan fingerprint density at radius 1 is 0.824 bits per heavy atom. The quantitative estimate of drug-likeness (QED) is 0.564. The summed E-state index contributed by atoms with van der Waals surface area (Å²) in [5, 5.41) is 6.07. The number of carbonyl (C=O) groups excluding carboxylic acids is 2. The fraction of sp³-hybridized carbons (Fsp3) is 0.357. The Hall–Kier alpha value is -3.38. The van der Waals surface area contributed by atoms with E-state index in [1.165, 1.54) is 45.2 Å². The van der Waals surface area contributed by atoms with E-state index in [2.05, 4.69) is 15.5 Å². The van der Waals surface area contributed by atoms with Gasteiger partial charge in [-0.25, -0.2) is 0 Å². The topological polar surface area (TPSA) is 66.4 Å². The molecule has 176 valence electrons. The van der Waals surface area contributed by atoms with E-state index in [4.69, 9.17) is 0 Å². The lowest BCUT2D eigenvalue weighted by atomic mass is 9.83. The molecule has 2 atom stereocenters. The smallest absolute Gasteiger partial charge is 0.255 e. The average Bonchev–Trinajstić information content (AvgIpc) is 3.43. The number of benzene rings is 2. The Kier molecular flexibility index (Phi) is 6.77. The highest BCUT2D eigenvalue weighted by atomic mass is 16.2. The van der Waals surface area contributed by atoms with Crippen LogP contribution in [0.4, 0.5) is 5.69 Å².